The average molecular weight is 300 g/mol. The number of nitrogens with zero attached hydrogens (tertiary/aromatic N) is 2. The van der Waals surface area contributed by atoms with Crippen molar-refractivity contribution < 1.29 is 4.39 Å². The fraction of sp³-hybridized carbons (Fsp3) is 0. The van der Waals surface area contributed by atoms with Crippen LogP contribution >= 0.6 is 0 Å². The van der Waals surface area contributed by atoms with E-state index in [4.69, 9.17) is 6.57 Å². The first kappa shape index (κ1) is 14.7. The molecule has 0 unspecified atom stereocenters. The van der Waals surface area contributed by atoms with E-state index in [1.54, 1.807) is 24.4 Å². The Morgan fingerprint density at radius 3 is 2.30 bits per heavy atom. The van der Waals surface area contributed by atoms with Gasteiger partial charge in [0, 0.05) is 6.21 Å². The molecular formula is C20H13FN2. The van der Waals surface area contributed by atoms with Crippen LogP contribution in [0.15, 0.2) is 77.8 Å². The Morgan fingerprint density at radius 2 is 1.61 bits per heavy atom. The van der Waals surface area contributed by atoms with Crippen LogP contribution < -0.4 is 0 Å². The molecule has 23 heavy (non-hydrogen) atoms. The summed E-state index contributed by atoms with van der Waals surface area (Å²) in [7, 11) is 0. The standard InChI is InChI=1S/C20H13FN2/c1-22-20-4-2-3-17(13-20)16-7-5-15(6-8-16)14-23-19-11-9-18(21)10-12-19/h2-14H. The number of benzene rings is 3. The highest BCUT2D eigenvalue weighted by atomic mass is 19.1. The van der Waals surface area contributed by atoms with Crippen LogP contribution in [-0.2, 0) is 0 Å². The van der Waals surface area contributed by atoms with Crippen molar-refractivity contribution in [3.05, 3.63) is 95.6 Å². The molecule has 0 spiro atoms. The molecule has 2 nitrogen and oxygen atoms in total. The minimum absolute atomic E-state index is 0.269. The van der Waals surface area contributed by atoms with Crippen molar-refractivity contribution >= 4 is 17.6 Å². The lowest BCUT2D eigenvalue weighted by Gasteiger charge is -2.03. The van der Waals surface area contributed by atoms with Gasteiger partial charge in [0.2, 0.25) is 0 Å². The molecule has 3 heteroatoms. The van der Waals surface area contributed by atoms with E-state index in [0.717, 1.165) is 16.7 Å². The maximum Gasteiger partial charge on any atom is 0.187 e. The van der Waals surface area contributed by atoms with Crippen LogP contribution in [0, 0.1) is 12.4 Å². The van der Waals surface area contributed by atoms with E-state index in [1.165, 1.54) is 12.1 Å². The Bertz CT molecular complexity index is 873. The smallest absolute Gasteiger partial charge is 0.187 e. The molecule has 0 saturated carbocycles. The fourth-order valence-corrected chi connectivity index (χ4v) is 2.19. The SMILES string of the molecule is [C-]#[N+]c1cccc(-c2ccc(C=Nc3ccc(F)cc3)cc2)c1. The molecule has 3 rings (SSSR count). The quantitative estimate of drug-likeness (QED) is 0.430. The van der Waals surface area contributed by atoms with Crippen LogP contribution in [0.2, 0.25) is 0 Å². The molecule has 3 aromatic rings. The van der Waals surface area contributed by atoms with Gasteiger partial charge < -0.3 is 0 Å². The third-order valence-corrected chi connectivity index (χ3v) is 3.41. The Morgan fingerprint density at radius 1 is 0.870 bits per heavy atom. The third-order valence-electron chi connectivity index (χ3n) is 3.41. The zero-order valence-corrected chi connectivity index (χ0v) is 12.3. The predicted molar refractivity (Wildman–Crippen MR) is 91.8 cm³/mol. The Labute approximate surface area is 134 Å². The van der Waals surface area contributed by atoms with Crippen molar-refractivity contribution in [3.63, 3.8) is 0 Å². The molecule has 3 aromatic carbocycles. The molecule has 0 amide bonds. The zero-order valence-electron chi connectivity index (χ0n) is 12.3. The molecule has 0 N–H and O–H groups in total. The minimum atomic E-state index is -0.269. The second-order valence-corrected chi connectivity index (χ2v) is 5.02. The fourth-order valence-electron chi connectivity index (χ4n) is 2.19. The number of aliphatic imine (C=N–C) groups is 1. The first-order valence-corrected chi connectivity index (χ1v) is 7.12. The van der Waals surface area contributed by atoms with E-state index < -0.39 is 0 Å². The van der Waals surface area contributed by atoms with Crippen molar-refractivity contribution in [2.75, 3.05) is 0 Å². The van der Waals surface area contributed by atoms with Gasteiger partial charge in [-0.05, 0) is 47.0 Å². The zero-order chi connectivity index (χ0) is 16.1. The number of hydrogen-bond acceptors (Lipinski definition) is 1. The van der Waals surface area contributed by atoms with Gasteiger partial charge in [0.05, 0.1) is 12.3 Å². The lowest BCUT2D eigenvalue weighted by molar-refractivity contribution is 0.628. The van der Waals surface area contributed by atoms with Gasteiger partial charge in [0.25, 0.3) is 0 Å². The Balaban J connectivity index is 1.79. The lowest BCUT2D eigenvalue weighted by atomic mass is 10.0. The van der Waals surface area contributed by atoms with Crippen molar-refractivity contribution in [3.8, 4) is 11.1 Å². The summed E-state index contributed by atoms with van der Waals surface area (Å²) in [6.07, 6.45) is 1.74. The molecule has 0 aliphatic heterocycles. The van der Waals surface area contributed by atoms with Crippen LogP contribution in [0.4, 0.5) is 15.8 Å². The molecule has 0 aliphatic rings. The molecule has 0 radical (unpaired) electrons. The Hall–Kier alpha value is -3.25. The third kappa shape index (κ3) is 3.69. The molecule has 0 aromatic heterocycles. The van der Waals surface area contributed by atoms with Gasteiger partial charge in [-0.15, -0.1) is 0 Å². The van der Waals surface area contributed by atoms with Crippen molar-refractivity contribution in [2.24, 2.45) is 4.99 Å². The predicted octanol–water partition coefficient (Wildman–Crippen LogP) is 5.79. The molecule has 0 heterocycles. The van der Waals surface area contributed by atoms with E-state index in [1.807, 2.05) is 42.5 Å². The molecule has 0 aliphatic carbocycles. The van der Waals surface area contributed by atoms with E-state index in [9.17, 15) is 4.39 Å². The van der Waals surface area contributed by atoms with Crippen LogP contribution in [0.25, 0.3) is 16.0 Å². The van der Waals surface area contributed by atoms with Crippen LogP contribution in [0.5, 0.6) is 0 Å². The van der Waals surface area contributed by atoms with Gasteiger partial charge in [0.1, 0.15) is 5.82 Å². The van der Waals surface area contributed by atoms with Gasteiger partial charge in [-0.1, -0.05) is 42.5 Å². The van der Waals surface area contributed by atoms with Gasteiger partial charge >= 0.3 is 0 Å². The summed E-state index contributed by atoms with van der Waals surface area (Å²) in [5.41, 5.74) is 4.36. The highest BCUT2D eigenvalue weighted by molar-refractivity contribution is 5.83. The van der Waals surface area contributed by atoms with Gasteiger partial charge in [-0.3, -0.25) is 4.99 Å². The van der Waals surface area contributed by atoms with E-state index in [0.29, 0.717) is 11.4 Å². The van der Waals surface area contributed by atoms with Crippen LogP contribution in [0.1, 0.15) is 5.56 Å². The monoisotopic (exact) mass is 300 g/mol. The summed E-state index contributed by atoms with van der Waals surface area (Å²) >= 11 is 0. The first-order valence-electron chi connectivity index (χ1n) is 7.12. The largest absolute Gasteiger partial charge is 0.256 e. The summed E-state index contributed by atoms with van der Waals surface area (Å²) in [6, 6.07) is 21.5. The summed E-state index contributed by atoms with van der Waals surface area (Å²) in [6.45, 7) is 7.07. The van der Waals surface area contributed by atoms with Crippen molar-refractivity contribution in [2.45, 2.75) is 0 Å². The molecule has 0 bridgehead atoms. The highest BCUT2D eigenvalue weighted by Gasteiger charge is 1.99. The second kappa shape index (κ2) is 6.67. The van der Waals surface area contributed by atoms with Crippen molar-refractivity contribution in [1.82, 2.24) is 0 Å². The van der Waals surface area contributed by atoms with Gasteiger partial charge in [-0.2, -0.15) is 0 Å². The number of hydrogen-bond donors (Lipinski definition) is 0. The van der Waals surface area contributed by atoms with E-state index in [-0.39, 0.29) is 5.82 Å². The molecule has 0 saturated heterocycles. The maximum absolute atomic E-state index is 12.8. The molecule has 0 fully saturated rings. The summed E-state index contributed by atoms with van der Waals surface area (Å²) < 4.78 is 12.8. The van der Waals surface area contributed by atoms with Crippen LogP contribution in [0.3, 0.4) is 0 Å². The highest BCUT2D eigenvalue weighted by Crippen LogP contribution is 2.24. The normalized spacial score (nSPS) is 10.6. The number of halogens is 1. The van der Waals surface area contributed by atoms with Gasteiger partial charge in [0.15, 0.2) is 5.69 Å². The first-order chi connectivity index (χ1) is 11.2. The topological polar surface area (TPSA) is 16.7 Å². The Kier molecular flexibility index (Phi) is 4.26. The van der Waals surface area contributed by atoms with Gasteiger partial charge in [-0.25, -0.2) is 9.24 Å². The lowest BCUT2D eigenvalue weighted by Crippen LogP contribution is -1.82. The van der Waals surface area contributed by atoms with E-state index in [2.05, 4.69) is 9.84 Å². The van der Waals surface area contributed by atoms with Crippen molar-refractivity contribution in [1.29, 1.82) is 0 Å². The maximum atomic E-state index is 12.8. The summed E-state index contributed by atoms with van der Waals surface area (Å²) in [5.74, 6) is -0.269. The minimum Gasteiger partial charge on any atom is -0.256 e. The molecule has 0 atom stereocenters. The molecular weight excluding hydrogens is 287 g/mol. The second-order valence-electron chi connectivity index (χ2n) is 5.02. The molecule has 110 valence electrons. The van der Waals surface area contributed by atoms with Crippen LogP contribution in [-0.4, -0.2) is 6.21 Å². The average Bonchev–Trinajstić information content (AvgIpc) is 2.62. The van der Waals surface area contributed by atoms with E-state index >= 15 is 0 Å². The summed E-state index contributed by atoms with van der Waals surface area (Å²) in [4.78, 5) is 7.76. The number of rotatable bonds is 3. The summed E-state index contributed by atoms with van der Waals surface area (Å²) in [5, 5.41) is 0.